The number of benzene rings is 1. The fraction of sp³-hybridized carbons (Fsp3) is 0.231. The van der Waals surface area contributed by atoms with Crippen LogP contribution >= 0.6 is 0 Å². The number of carbonyl (C=O) groups excluding carboxylic acids is 2. The smallest absolute Gasteiger partial charge is 0.427 e. The summed E-state index contributed by atoms with van der Waals surface area (Å²) in [6, 6.07) is 7.41. The standard InChI is InChI=1S/C13H14N4O4/c1-20-12(18)16-14-10-7-11(15-17-13(19)21-2)9-6-4-3-5-8(9)10/h3-6H,7H2,1-2H3,(H,16,18)(H,17,19)/b14-10+,15-11+. The Bertz CT molecular complexity index is 571. The third-order valence-electron chi connectivity index (χ3n) is 2.82. The predicted octanol–water partition coefficient (Wildman–Crippen LogP) is 1.21. The summed E-state index contributed by atoms with van der Waals surface area (Å²) < 4.78 is 8.91. The maximum absolute atomic E-state index is 11.1. The second-order valence-electron chi connectivity index (χ2n) is 4.05. The molecule has 8 heteroatoms. The Balaban J connectivity index is 2.25. The zero-order valence-corrected chi connectivity index (χ0v) is 11.5. The van der Waals surface area contributed by atoms with Gasteiger partial charge in [0.2, 0.25) is 0 Å². The van der Waals surface area contributed by atoms with E-state index in [1.807, 2.05) is 24.3 Å². The van der Waals surface area contributed by atoms with E-state index in [2.05, 4.69) is 30.5 Å². The van der Waals surface area contributed by atoms with Crippen molar-refractivity contribution >= 4 is 23.6 Å². The molecule has 0 bridgehead atoms. The fourth-order valence-corrected chi connectivity index (χ4v) is 1.85. The molecule has 0 atom stereocenters. The summed E-state index contributed by atoms with van der Waals surface area (Å²) in [6.07, 6.45) is -0.941. The number of ether oxygens (including phenoxy) is 2. The van der Waals surface area contributed by atoms with Crippen molar-refractivity contribution < 1.29 is 19.1 Å². The minimum Gasteiger partial charge on any atom is -0.452 e. The van der Waals surface area contributed by atoms with Gasteiger partial charge in [-0.15, -0.1) is 0 Å². The molecule has 1 aliphatic rings. The Morgan fingerprint density at radius 1 is 0.952 bits per heavy atom. The number of carbonyl (C=O) groups is 2. The molecular formula is C13H14N4O4. The molecular weight excluding hydrogens is 276 g/mol. The molecule has 21 heavy (non-hydrogen) atoms. The maximum atomic E-state index is 11.1. The van der Waals surface area contributed by atoms with Gasteiger partial charge in [-0.3, -0.25) is 0 Å². The molecule has 0 aromatic heterocycles. The molecule has 1 aromatic carbocycles. The number of fused-ring (bicyclic) bond motifs is 1. The van der Waals surface area contributed by atoms with Crippen LogP contribution in [0.2, 0.25) is 0 Å². The summed E-state index contributed by atoms with van der Waals surface area (Å²) in [5, 5.41) is 8.00. The van der Waals surface area contributed by atoms with E-state index in [0.29, 0.717) is 17.8 Å². The van der Waals surface area contributed by atoms with Gasteiger partial charge in [-0.25, -0.2) is 20.4 Å². The lowest BCUT2D eigenvalue weighted by Crippen LogP contribution is -2.20. The van der Waals surface area contributed by atoms with Crippen LogP contribution in [0.1, 0.15) is 17.5 Å². The molecule has 0 heterocycles. The van der Waals surface area contributed by atoms with Crippen molar-refractivity contribution in [3.05, 3.63) is 35.4 Å². The molecule has 0 radical (unpaired) electrons. The molecule has 2 N–H and O–H groups in total. The molecule has 2 amide bonds. The van der Waals surface area contributed by atoms with Crippen molar-refractivity contribution in [3.8, 4) is 0 Å². The van der Waals surface area contributed by atoms with Crippen LogP contribution in [0.5, 0.6) is 0 Å². The van der Waals surface area contributed by atoms with Crippen molar-refractivity contribution in [3.63, 3.8) is 0 Å². The lowest BCUT2D eigenvalue weighted by atomic mass is 10.1. The summed E-state index contributed by atoms with van der Waals surface area (Å²) in [5.74, 6) is 0. The zero-order chi connectivity index (χ0) is 15.2. The van der Waals surface area contributed by atoms with Gasteiger partial charge in [0.1, 0.15) is 0 Å². The number of amides is 2. The van der Waals surface area contributed by atoms with E-state index in [9.17, 15) is 9.59 Å². The molecule has 0 aliphatic heterocycles. The Kier molecular flexibility index (Phi) is 4.50. The van der Waals surface area contributed by atoms with Gasteiger partial charge in [0.15, 0.2) is 0 Å². The average molecular weight is 290 g/mol. The SMILES string of the molecule is COC(=O)N/N=C1\C/C(=N\NC(=O)OC)c2ccccc21. The van der Waals surface area contributed by atoms with E-state index in [-0.39, 0.29) is 0 Å². The first-order valence-corrected chi connectivity index (χ1v) is 6.06. The normalized spacial score (nSPS) is 16.5. The number of hydrogen-bond acceptors (Lipinski definition) is 6. The molecule has 0 fully saturated rings. The third kappa shape index (κ3) is 3.35. The van der Waals surface area contributed by atoms with E-state index in [4.69, 9.17) is 0 Å². The van der Waals surface area contributed by atoms with Crippen LogP contribution in [-0.4, -0.2) is 37.8 Å². The van der Waals surface area contributed by atoms with Gasteiger partial charge in [0, 0.05) is 17.5 Å². The van der Waals surface area contributed by atoms with Crippen molar-refractivity contribution in [1.82, 2.24) is 10.9 Å². The van der Waals surface area contributed by atoms with Crippen LogP contribution < -0.4 is 10.9 Å². The van der Waals surface area contributed by atoms with Gasteiger partial charge in [0.05, 0.1) is 25.6 Å². The van der Waals surface area contributed by atoms with Crippen LogP contribution in [0.3, 0.4) is 0 Å². The van der Waals surface area contributed by atoms with Crippen molar-refractivity contribution in [1.29, 1.82) is 0 Å². The van der Waals surface area contributed by atoms with E-state index in [1.165, 1.54) is 14.2 Å². The summed E-state index contributed by atoms with van der Waals surface area (Å²) in [5.41, 5.74) is 7.46. The van der Waals surface area contributed by atoms with Crippen LogP contribution in [0.15, 0.2) is 34.5 Å². The Labute approximate surface area is 120 Å². The van der Waals surface area contributed by atoms with Crippen LogP contribution in [-0.2, 0) is 9.47 Å². The molecule has 110 valence electrons. The van der Waals surface area contributed by atoms with Crippen LogP contribution in [0.4, 0.5) is 9.59 Å². The first kappa shape index (κ1) is 14.5. The molecule has 0 unspecified atom stereocenters. The summed E-state index contributed by atoms with van der Waals surface area (Å²) in [6.45, 7) is 0. The van der Waals surface area contributed by atoms with Crippen LogP contribution in [0, 0.1) is 0 Å². The summed E-state index contributed by atoms with van der Waals surface area (Å²) >= 11 is 0. The minimum absolute atomic E-state index is 0.368. The predicted molar refractivity (Wildman–Crippen MR) is 75.2 cm³/mol. The highest BCUT2D eigenvalue weighted by atomic mass is 16.5. The van der Waals surface area contributed by atoms with Crippen molar-refractivity contribution in [2.45, 2.75) is 6.42 Å². The van der Waals surface area contributed by atoms with E-state index in [0.717, 1.165) is 11.1 Å². The average Bonchev–Trinajstić information content (AvgIpc) is 2.88. The zero-order valence-electron chi connectivity index (χ0n) is 11.5. The second kappa shape index (κ2) is 6.51. The molecule has 1 aromatic rings. The molecule has 0 saturated heterocycles. The highest BCUT2D eigenvalue weighted by Crippen LogP contribution is 2.22. The third-order valence-corrected chi connectivity index (χ3v) is 2.82. The highest BCUT2D eigenvalue weighted by Gasteiger charge is 2.24. The Morgan fingerprint density at radius 2 is 1.38 bits per heavy atom. The van der Waals surface area contributed by atoms with Gasteiger partial charge in [-0.2, -0.15) is 10.2 Å². The maximum Gasteiger partial charge on any atom is 0.427 e. The lowest BCUT2D eigenvalue weighted by molar-refractivity contribution is 0.170. The minimum atomic E-state index is -0.655. The number of methoxy groups -OCH3 is 2. The Hall–Kier alpha value is -2.90. The molecule has 0 saturated carbocycles. The number of nitrogens with zero attached hydrogens (tertiary/aromatic N) is 2. The molecule has 8 nitrogen and oxygen atoms in total. The van der Waals surface area contributed by atoms with Crippen molar-refractivity contribution in [2.24, 2.45) is 10.2 Å². The van der Waals surface area contributed by atoms with Gasteiger partial charge >= 0.3 is 12.2 Å². The van der Waals surface area contributed by atoms with E-state index < -0.39 is 12.2 Å². The largest absolute Gasteiger partial charge is 0.452 e. The number of hydrogen-bond donors (Lipinski definition) is 2. The Morgan fingerprint density at radius 3 is 1.76 bits per heavy atom. The second-order valence-corrected chi connectivity index (χ2v) is 4.05. The molecule has 1 aliphatic carbocycles. The monoisotopic (exact) mass is 290 g/mol. The van der Waals surface area contributed by atoms with Gasteiger partial charge in [-0.05, 0) is 0 Å². The van der Waals surface area contributed by atoms with E-state index >= 15 is 0 Å². The van der Waals surface area contributed by atoms with Crippen LogP contribution in [0.25, 0.3) is 0 Å². The van der Waals surface area contributed by atoms with Gasteiger partial charge in [-0.1, -0.05) is 24.3 Å². The fourth-order valence-electron chi connectivity index (χ4n) is 1.85. The number of nitrogens with one attached hydrogen (secondary N) is 2. The molecule has 0 spiro atoms. The quantitative estimate of drug-likeness (QED) is 0.799. The first-order valence-electron chi connectivity index (χ1n) is 6.06. The lowest BCUT2D eigenvalue weighted by Gasteiger charge is -2.00. The summed E-state index contributed by atoms with van der Waals surface area (Å²) in [7, 11) is 2.51. The first-order chi connectivity index (χ1) is 10.2. The van der Waals surface area contributed by atoms with E-state index in [1.54, 1.807) is 0 Å². The summed E-state index contributed by atoms with van der Waals surface area (Å²) in [4.78, 5) is 22.1. The molecule has 2 rings (SSSR count). The highest BCUT2D eigenvalue weighted by molar-refractivity contribution is 6.28. The number of rotatable bonds is 2. The topological polar surface area (TPSA) is 101 Å². The number of hydrazone groups is 2. The van der Waals surface area contributed by atoms with Crippen molar-refractivity contribution in [2.75, 3.05) is 14.2 Å². The van der Waals surface area contributed by atoms with Gasteiger partial charge in [0.25, 0.3) is 0 Å². The van der Waals surface area contributed by atoms with Gasteiger partial charge < -0.3 is 9.47 Å².